The maximum absolute atomic E-state index is 15.0. The Hall–Kier alpha value is -2.85. The normalized spacial score (nSPS) is 14.7. The average Bonchev–Trinajstić information content (AvgIpc) is 2.95. The second-order valence-electron chi connectivity index (χ2n) is 9.72. The third kappa shape index (κ3) is 6.23. The molecule has 2 aromatic carbocycles. The van der Waals surface area contributed by atoms with Crippen LogP contribution >= 0.6 is 7.26 Å². The lowest BCUT2D eigenvalue weighted by molar-refractivity contribution is -0.461. The summed E-state index contributed by atoms with van der Waals surface area (Å²) >= 11 is 0. The number of halogens is 17. The van der Waals surface area contributed by atoms with Crippen molar-refractivity contribution in [2.75, 3.05) is 18.9 Å². The van der Waals surface area contributed by atoms with Crippen molar-refractivity contribution in [2.45, 2.75) is 61.0 Å². The van der Waals surface area contributed by atoms with Crippen LogP contribution in [0, 0.1) is 0 Å². The van der Waals surface area contributed by atoms with Crippen LogP contribution in [0.5, 0.6) is 0 Å². The third-order valence-corrected chi connectivity index (χ3v) is 11.2. The lowest BCUT2D eigenvalue weighted by Gasteiger charge is -2.43. The molecule has 2 rings (SSSR count). The molecule has 20 heteroatoms. The topological polar surface area (TPSA) is 26.3 Å². The summed E-state index contributed by atoms with van der Waals surface area (Å²) < 4.78 is 239. The number of esters is 1. The summed E-state index contributed by atoms with van der Waals surface area (Å²) in [6.07, 6.45) is -12.8. The molecule has 0 atom stereocenters. The summed E-state index contributed by atoms with van der Waals surface area (Å²) in [6.45, 7) is 1.01. The van der Waals surface area contributed by atoms with E-state index in [9.17, 15) is 79.4 Å². The molecule has 0 N–H and O–H groups in total. The molecular weight excluding hydrogens is 698 g/mol. The van der Waals surface area contributed by atoms with Crippen LogP contribution in [0.3, 0.4) is 0 Å². The number of benzene rings is 2. The standard InChI is InChI=1S/C26H21F17O2P/c1-2-45-18(44)15-46(16-9-5-3-6-10-16,17-11-7-4-8-12-17)14-13-19(27,28)20(29,30)21(31,32)22(33,34)23(35,36)24(37,38)25(39,40)26(41,42)43/h3-12H,2,13-15H2,1H3/q+1. The highest BCUT2D eigenvalue weighted by Crippen LogP contribution is 2.65. The molecular formula is C26H21F17O2P+. The van der Waals surface area contributed by atoms with Gasteiger partial charge in [0.05, 0.1) is 37.1 Å². The predicted molar refractivity (Wildman–Crippen MR) is 131 cm³/mol. The first-order valence-corrected chi connectivity index (χ1v) is 14.6. The van der Waals surface area contributed by atoms with Gasteiger partial charge >= 0.3 is 53.6 Å². The Morgan fingerprint density at radius 3 is 1.26 bits per heavy atom. The first kappa shape index (κ1) is 39.3. The summed E-state index contributed by atoms with van der Waals surface area (Å²) in [5, 5.41) is -0.0722. The molecule has 260 valence electrons. The van der Waals surface area contributed by atoms with Crippen molar-refractivity contribution in [1.29, 1.82) is 0 Å². The second-order valence-corrected chi connectivity index (χ2v) is 13.5. The third-order valence-electron chi connectivity index (χ3n) is 6.80. The fourth-order valence-corrected chi connectivity index (χ4v) is 8.23. The van der Waals surface area contributed by atoms with Gasteiger partial charge in [-0.25, -0.2) is 4.79 Å². The molecule has 0 radical (unpaired) electrons. The minimum Gasteiger partial charge on any atom is -0.463 e. The predicted octanol–water partition coefficient (Wildman–Crippen LogP) is 8.62. The van der Waals surface area contributed by atoms with Crippen molar-refractivity contribution >= 4 is 23.8 Å². The van der Waals surface area contributed by atoms with E-state index in [-0.39, 0.29) is 17.2 Å². The molecule has 0 saturated heterocycles. The van der Waals surface area contributed by atoms with Gasteiger partial charge in [-0.15, -0.1) is 0 Å². The van der Waals surface area contributed by atoms with Crippen LogP contribution in [0.4, 0.5) is 74.6 Å². The number of alkyl halides is 17. The van der Waals surface area contributed by atoms with Gasteiger partial charge in [-0.05, 0) is 31.2 Å². The molecule has 0 aliphatic carbocycles. The van der Waals surface area contributed by atoms with E-state index in [1.807, 2.05) is 0 Å². The zero-order chi connectivity index (χ0) is 35.8. The number of carbonyl (C=O) groups excluding carboxylic acids is 1. The molecule has 0 aromatic heterocycles. The quantitative estimate of drug-likeness (QED) is 0.111. The number of hydrogen-bond acceptors (Lipinski definition) is 2. The highest BCUT2D eigenvalue weighted by atomic mass is 31.2. The van der Waals surface area contributed by atoms with E-state index in [0.717, 1.165) is 0 Å². The van der Waals surface area contributed by atoms with Crippen LogP contribution in [-0.2, 0) is 9.53 Å². The highest BCUT2D eigenvalue weighted by Gasteiger charge is 2.95. The SMILES string of the molecule is CCOC(=O)C[P+](CCC(F)(F)C(F)(F)C(F)(F)C(F)(F)C(F)(F)C(F)(F)C(F)(F)C(F)(F)F)(c1ccccc1)c1ccccc1. The number of rotatable bonds is 14. The van der Waals surface area contributed by atoms with E-state index in [1.165, 1.54) is 67.6 Å². The first-order chi connectivity index (χ1) is 20.6. The molecule has 2 nitrogen and oxygen atoms in total. The van der Waals surface area contributed by atoms with Gasteiger partial charge in [-0.2, -0.15) is 74.6 Å². The van der Waals surface area contributed by atoms with Crippen molar-refractivity contribution in [2.24, 2.45) is 0 Å². The maximum Gasteiger partial charge on any atom is 0.460 e. The van der Waals surface area contributed by atoms with Crippen LogP contribution in [0.2, 0.25) is 0 Å². The van der Waals surface area contributed by atoms with Crippen LogP contribution in [0.1, 0.15) is 13.3 Å². The van der Waals surface area contributed by atoms with E-state index in [2.05, 4.69) is 0 Å². The van der Waals surface area contributed by atoms with Gasteiger partial charge < -0.3 is 4.74 Å². The Morgan fingerprint density at radius 2 is 0.913 bits per heavy atom. The molecule has 0 aliphatic rings. The van der Waals surface area contributed by atoms with Gasteiger partial charge in [0.25, 0.3) is 0 Å². The Balaban J connectivity index is 2.68. The van der Waals surface area contributed by atoms with Gasteiger partial charge in [0.15, 0.2) is 6.16 Å². The summed E-state index contributed by atoms with van der Waals surface area (Å²) in [7, 11) is -3.86. The van der Waals surface area contributed by atoms with E-state index in [4.69, 9.17) is 4.74 Å². The van der Waals surface area contributed by atoms with Crippen LogP contribution in [-0.4, -0.2) is 72.5 Å². The molecule has 0 heterocycles. The van der Waals surface area contributed by atoms with Crippen LogP contribution in [0.25, 0.3) is 0 Å². The van der Waals surface area contributed by atoms with Gasteiger partial charge in [-0.1, -0.05) is 36.4 Å². The minimum absolute atomic E-state index is 0.0361. The molecule has 2 aromatic rings. The van der Waals surface area contributed by atoms with Crippen molar-refractivity contribution in [3.8, 4) is 0 Å². The summed E-state index contributed by atoms with van der Waals surface area (Å²) in [5.41, 5.74) is 0. The monoisotopic (exact) mass is 719 g/mol. The van der Waals surface area contributed by atoms with Crippen molar-refractivity contribution in [3.63, 3.8) is 0 Å². The first-order valence-electron chi connectivity index (χ1n) is 12.5. The zero-order valence-corrected chi connectivity index (χ0v) is 23.7. The molecule has 46 heavy (non-hydrogen) atoms. The van der Waals surface area contributed by atoms with Crippen molar-refractivity contribution in [1.82, 2.24) is 0 Å². The maximum atomic E-state index is 15.0. The number of carbonyl (C=O) groups is 1. The lowest BCUT2D eigenvalue weighted by atomic mass is 9.88. The molecule has 0 saturated carbocycles. The zero-order valence-electron chi connectivity index (χ0n) is 22.8. The van der Waals surface area contributed by atoms with Crippen LogP contribution < -0.4 is 10.6 Å². The van der Waals surface area contributed by atoms with E-state index >= 15 is 0 Å². The van der Waals surface area contributed by atoms with Crippen molar-refractivity contribution < 1.29 is 84.2 Å². The van der Waals surface area contributed by atoms with Gasteiger partial charge in [0, 0.05) is 0 Å². The Morgan fingerprint density at radius 1 is 0.565 bits per heavy atom. The number of hydrogen-bond donors (Lipinski definition) is 0. The Kier molecular flexibility index (Phi) is 10.8. The fourth-order valence-electron chi connectivity index (χ4n) is 4.21. The van der Waals surface area contributed by atoms with Crippen molar-refractivity contribution in [3.05, 3.63) is 60.7 Å². The number of ether oxygens (including phenoxy) is 1. The van der Waals surface area contributed by atoms with Crippen LogP contribution in [0.15, 0.2) is 60.7 Å². The Labute approximate surface area is 249 Å². The molecule has 0 spiro atoms. The van der Waals surface area contributed by atoms with Gasteiger partial charge in [0.2, 0.25) is 0 Å². The molecule has 0 amide bonds. The molecule has 0 unspecified atom stereocenters. The molecule has 0 fully saturated rings. The Bertz CT molecular complexity index is 1290. The largest absolute Gasteiger partial charge is 0.463 e. The average molecular weight is 719 g/mol. The van der Waals surface area contributed by atoms with E-state index < -0.39 is 79.6 Å². The van der Waals surface area contributed by atoms with E-state index in [1.54, 1.807) is 0 Å². The fraction of sp³-hybridized carbons (Fsp3) is 0.500. The van der Waals surface area contributed by atoms with Gasteiger partial charge in [-0.3, -0.25) is 0 Å². The molecule has 0 bridgehead atoms. The minimum atomic E-state index is -8.70. The second kappa shape index (κ2) is 12.6. The summed E-state index contributed by atoms with van der Waals surface area (Å²) in [6, 6.07) is 12.6. The molecule has 0 aliphatic heterocycles. The van der Waals surface area contributed by atoms with Gasteiger partial charge in [0.1, 0.15) is 0 Å². The smallest absolute Gasteiger partial charge is 0.460 e. The highest BCUT2D eigenvalue weighted by molar-refractivity contribution is 7.90. The lowest BCUT2D eigenvalue weighted by Crippen LogP contribution is -2.74. The summed E-state index contributed by atoms with van der Waals surface area (Å²) in [5.74, 6) is -58.0. The summed E-state index contributed by atoms with van der Waals surface area (Å²) in [4.78, 5) is 12.5. The van der Waals surface area contributed by atoms with E-state index in [0.29, 0.717) is 0 Å².